The molecule has 4 heteroatoms. The molecule has 0 amide bonds. The predicted molar refractivity (Wildman–Crippen MR) is 81.3 cm³/mol. The van der Waals surface area contributed by atoms with Crippen molar-refractivity contribution in [2.45, 2.75) is 6.92 Å². The number of benzene rings is 2. The van der Waals surface area contributed by atoms with Crippen LogP contribution in [0.4, 0.5) is 10.1 Å². The summed E-state index contributed by atoms with van der Waals surface area (Å²) >= 11 is 5.93. The summed E-state index contributed by atoms with van der Waals surface area (Å²) in [5.41, 5.74) is 9.59. The number of nitrogen functional groups attached to an aromatic ring is 1. The van der Waals surface area contributed by atoms with Crippen molar-refractivity contribution in [1.82, 2.24) is 4.98 Å². The number of fused-ring (bicyclic) bond motifs is 1. The molecule has 1 heterocycles. The Balaban J connectivity index is 2.22. The summed E-state index contributed by atoms with van der Waals surface area (Å²) in [4.78, 5) is 4.44. The average Bonchev–Trinajstić information content (AvgIpc) is 2.42. The lowest BCUT2D eigenvalue weighted by atomic mass is 10.0. The summed E-state index contributed by atoms with van der Waals surface area (Å²) in [5.74, 6) is -0.402. The Hall–Kier alpha value is -2.13. The number of hydrogen-bond donors (Lipinski definition) is 1. The van der Waals surface area contributed by atoms with Gasteiger partial charge in [0.05, 0.1) is 16.2 Å². The Labute approximate surface area is 121 Å². The number of anilines is 1. The maximum atomic E-state index is 13.5. The summed E-state index contributed by atoms with van der Waals surface area (Å²) in [7, 11) is 0. The molecule has 20 heavy (non-hydrogen) atoms. The van der Waals surface area contributed by atoms with Gasteiger partial charge in [-0.05, 0) is 42.8 Å². The van der Waals surface area contributed by atoms with E-state index in [-0.39, 0.29) is 5.02 Å². The number of pyridine rings is 1. The predicted octanol–water partition coefficient (Wildman–Crippen LogP) is 4.58. The largest absolute Gasteiger partial charge is 0.397 e. The van der Waals surface area contributed by atoms with Crippen LogP contribution in [0, 0.1) is 12.7 Å². The maximum absolute atomic E-state index is 13.5. The number of halogens is 2. The van der Waals surface area contributed by atoms with E-state index in [9.17, 15) is 4.39 Å². The van der Waals surface area contributed by atoms with Crippen LogP contribution in [0.25, 0.3) is 22.0 Å². The van der Waals surface area contributed by atoms with Gasteiger partial charge in [0.15, 0.2) is 0 Å². The van der Waals surface area contributed by atoms with Gasteiger partial charge in [-0.2, -0.15) is 0 Å². The first-order valence-electron chi connectivity index (χ1n) is 6.17. The van der Waals surface area contributed by atoms with Crippen molar-refractivity contribution in [3.63, 3.8) is 0 Å². The quantitative estimate of drug-likeness (QED) is 0.665. The first-order chi connectivity index (χ1) is 9.54. The molecule has 0 saturated heterocycles. The number of nitrogens with zero attached hydrogens (tertiary/aromatic N) is 1. The molecule has 0 saturated carbocycles. The summed E-state index contributed by atoms with van der Waals surface area (Å²) in [6, 6.07) is 12.2. The molecule has 1 aromatic heterocycles. The van der Waals surface area contributed by atoms with E-state index in [1.807, 2.05) is 37.3 Å². The monoisotopic (exact) mass is 286 g/mol. The molecule has 0 unspecified atom stereocenters. The van der Waals surface area contributed by atoms with Crippen molar-refractivity contribution >= 4 is 28.2 Å². The number of aromatic nitrogens is 1. The van der Waals surface area contributed by atoms with Crippen molar-refractivity contribution in [2.24, 2.45) is 0 Å². The fourth-order valence-electron chi connectivity index (χ4n) is 2.22. The average molecular weight is 287 g/mol. The molecule has 2 N–H and O–H groups in total. The van der Waals surface area contributed by atoms with Crippen LogP contribution in [0.3, 0.4) is 0 Å². The van der Waals surface area contributed by atoms with Crippen LogP contribution in [0.2, 0.25) is 5.02 Å². The lowest BCUT2D eigenvalue weighted by molar-refractivity contribution is 0.628. The second-order valence-corrected chi connectivity index (χ2v) is 5.12. The lowest BCUT2D eigenvalue weighted by Crippen LogP contribution is -1.93. The molecular weight excluding hydrogens is 275 g/mol. The summed E-state index contributed by atoms with van der Waals surface area (Å²) < 4.78 is 13.5. The highest BCUT2D eigenvalue weighted by atomic mass is 35.5. The topological polar surface area (TPSA) is 38.9 Å². The minimum absolute atomic E-state index is 0.224. The number of nitrogens with two attached hydrogens (primary N) is 1. The number of aryl methyl sites for hydroxylation is 1. The van der Waals surface area contributed by atoms with Gasteiger partial charge in [0.1, 0.15) is 5.82 Å². The zero-order valence-corrected chi connectivity index (χ0v) is 11.6. The molecule has 0 radical (unpaired) electrons. The third kappa shape index (κ3) is 2.21. The van der Waals surface area contributed by atoms with Gasteiger partial charge in [0.25, 0.3) is 0 Å². The van der Waals surface area contributed by atoms with Crippen molar-refractivity contribution in [1.29, 1.82) is 0 Å². The Morgan fingerprint density at radius 1 is 1.10 bits per heavy atom. The standard InChI is InChI=1S/C16H12ClFN2/c1-9-2-3-11-6-10(4-5-15(11)20-9)13-7-12(18)8-14(17)16(13)19/h2-8H,19H2,1H3. The van der Waals surface area contributed by atoms with E-state index in [0.29, 0.717) is 11.3 Å². The maximum Gasteiger partial charge on any atom is 0.125 e. The fraction of sp³-hybridized carbons (Fsp3) is 0.0625. The molecule has 100 valence electrons. The molecule has 0 atom stereocenters. The van der Waals surface area contributed by atoms with Crippen LogP contribution in [-0.4, -0.2) is 4.98 Å². The minimum atomic E-state index is -0.402. The normalized spacial score (nSPS) is 10.9. The van der Waals surface area contributed by atoms with Crippen LogP contribution >= 0.6 is 11.6 Å². The molecule has 0 spiro atoms. The molecule has 0 bridgehead atoms. The van der Waals surface area contributed by atoms with Crippen LogP contribution in [0.1, 0.15) is 5.69 Å². The van der Waals surface area contributed by atoms with Crippen LogP contribution in [0.15, 0.2) is 42.5 Å². The third-order valence-corrected chi connectivity index (χ3v) is 3.55. The Morgan fingerprint density at radius 2 is 1.90 bits per heavy atom. The van der Waals surface area contributed by atoms with E-state index in [1.165, 1.54) is 12.1 Å². The van der Waals surface area contributed by atoms with E-state index in [1.54, 1.807) is 0 Å². The van der Waals surface area contributed by atoms with Gasteiger partial charge in [-0.25, -0.2) is 4.39 Å². The molecule has 2 aromatic carbocycles. The molecule has 0 aliphatic heterocycles. The van der Waals surface area contributed by atoms with Crippen molar-refractivity contribution in [2.75, 3.05) is 5.73 Å². The Morgan fingerprint density at radius 3 is 2.70 bits per heavy atom. The zero-order valence-electron chi connectivity index (χ0n) is 10.8. The fourth-order valence-corrected chi connectivity index (χ4v) is 2.42. The van der Waals surface area contributed by atoms with E-state index in [2.05, 4.69) is 4.98 Å². The second-order valence-electron chi connectivity index (χ2n) is 4.71. The van der Waals surface area contributed by atoms with Crippen molar-refractivity contribution in [3.05, 3.63) is 59.0 Å². The number of hydrogen-bond acceptors (Lipinski definition) is 2. The van der Waals surface area contributed by atoms with Gasteiger partial charge in [-0.1, -0.05) is 23.7 Å². The van der Waals surface area contributed by atoms with Crippen LogP contribution < -0.4 is 5.73 Å². The van der Waals surface area contributed by atoms with E-state index >= 15 is 0 Å². The van der Waals surface area contributed by atoms with Gasteiger partial charge in [-0.15, -0.1) is 0 Å². The van der Waals surface area contributed by atoms with Gasteiger partial charge < -0.3 is 5.73 Å². The molecule has 0 fully saturated rings. The van der Waals surface area contributed by atoms with Crippen molar-refractivity contribution < 1.29 is 4.39 Å². The zero-order chi connectivity index (χ0) is 14.3. The van der Waals surface area contributed by atoms with E-state index in [4.69, 9.17) is 17.3 Å². The molecule has 3 aromatic rings. The first-order valence-corrected chi connectivity index (χ1v) is 6.55. The Kier molecular flexibility index (Phi) is 3.07. The number of rotatable bonds is 1. The highest BCUT2D eigenvalue weighted by Crippen LogP contribution is 2.33. The lowest BCUT2D eigenvalue weighted by Gasteiger charge is -2.09. The molecule has 0 aliphatic carbocycles. The molecule has 0 aliphatic rings. The van der Waals surface area contributed by atoms with Gasteiger partial charge in [0, 0.05) is 16.6 Å². The minimum Gasteiger partial charge on any atom is -0.397 e. The highest BCUT2D eigenvalue weighted by molar-refractivity contribution is 6.33. The van der Waals surface area contributed by atoms with Crippen LogP contribution in [0.5, 0.6) is 0 Å². The molecule has 2 nitrogen and oxygen atoms in total. The third-order valence-electron chi connectivity index (χ3n) is 3.23. The first kappa shape index (κ1) is 12.9. The van der Waals surface area contributed by atoms with E-state index in [0.717, 1.165) is 22.2 Å². The summed E-state index contributed by atoms with van der Waals surface area (Å²) in [5, 5.41) is 1.20. The second kappa shape index (κ2) is 4.76. The van der Waals surface area contributed by atoms with Crippen molar-refractivity contribution in [3.8, 4) is 11.1 Å². The van der Waals surface area contributed by atoms with Gasteiger partial charge in [-0.3, -0.25) is 4.98 Å². The highest BCUT2D eigenvalue weighted by Gasteiger charge is 2.09. The smallest absolute Gasteiger partial charge is 0.125 e. The van der Waals surface area contributed by atoms with Crippen LogP contribution in [-0.2, 0) is 0 Å². The van der Waals surface area contributed by atoms with Gasteiger partial charge in [0.2, 0.25) is 0 Å². The Bertz CT molecular complexity index is 815. The molecular formula is C16H12ClFN2. The van der Waals surface area contributed by atoms with E-state index < -0.39 is 5.82 Å². The van der Waals surface area contributed by atoms with Gasteiger partial charge >= 0.3 is 0 Å². The summed E-state index contributed by atoms with van der Waals surface area (Å²) in [6.45, 7) is 1.94. The molecule has 3 rings (SSSR count). The SMILES string of the molecule is Cc1ccc2cc(-c3cc(F)cc(Cl)c3N)ccc2n1. The summed E-state index contributed by atoms with van der Waals surface area (Å²) in [6.07, 6.45) is 0.